The van der Waals surface area contributed by atoms with Crippen molar-refractivity contribution in [1.29, 1.82) is 0 Å². The van der Waals surface area contributed by atoms with Gasteiger partial charge in [-0.25, -0.2) is 0 Å². The molecule has 0 aliphatic carbocycles. The molecule has 0 unspecified atom stereocenters. The van der Waals surface area contributed by atoms with Crippen molar-refractivity contribution in [2.45, 2.75) is 12.2 Å². The van der Waals surface area contributed by atoms with E-state index in [0.717, 1.165) is 5.01 Å². The summed E-state index contributed by atoms with van der Waals surface area (Å²) in [4.78, 5) is 37.1. The molecular weight excluding hydrogens is 300 g/mol. The first-order valence-electron chi connectivity index (χ1n) is 7.27. The topological polar surface area (TPSA) is 84.9 Å². The Balaban J connectivity index is 1.52. The number of imide groups is 1. The number of fused-ring (bicyclic) bond motifs is 5. The van der Waals surface area contributed by atoms with Crippen LogP contribution in [0.3, 0.4) is 0 Å². The van der Waals surface area contributed by atoms with Gasteiger partial charge in [0.1, 0.15) is 5.75 Å². The maximum atomic E-state index is 12.4. The molecule has 1 aromatic carbocycles. The van der Waals surface area contributed by atoms with Gasteiger partial charge in [-0.05, 0) is 24.3 Å². The fourth-order valence-corrected chi connectivity index (χ4v) is 3.32. The zero-order valence-corrected chi connectivity index (χ0v) is 12.3. The third-order valence-corrected chi connectivity index (χ3v) is 4.48. The predicted molar refractivity (Wildman–Crippen MR) is 77.1 cm³/mol. The zero-order valence-electron chi connectivity index (χ0n) is 12.3. The quantitative estimate of drug-likeness (QED) is 0.640. The number of ether oxygens (including phenoxy) is 2. The monoisotopic (exact) mass is 314 g/mol. The van der Waals surface area contributed by atoms with E-state index < -0.39 is 29.6 Å². The molecule has 1 aromatic rings. The molecule has 4 rings (SSSR count). The highest BCUT2D eigenvalue weighted by molar-refractivity contribution is 6.09. The van der Waals surface area contributed by atoms with Crippen LogP contribution in [0.15, 0.2) is 36.4 Å². The lowest BCUT2D eigenvalue weighted by Crippen LogP contribution is -2.47. The largest absolute Gasteiger partial charge is 0.497 e. The van der Waals surface area contributed by atoms with Crippen LogP contribution in [0, 0.1) is 11.8 Å². The second-order valence-electron chi connectivity index (χ2n) is 5.68. The van der Waals surface area contributed by atoms with E-state index in [1.54, 1.807) is 36.4 Å². The molecular formula is C16H14N2O5. The number of benzene rings is 1. The smallest absolute Gasteiger partial charge is 0.270 e. The van der Waals surface area contributed by atoms with Crippen LogP contribution < -0.4 is 10.2 Å². The average molecular weight is 314 g/mol. The van der Waals surface area contributed by atoms with E-state index in [1.807, 2.05) is 0 Å². The molecule has 0 saturated carbocycles. The fourth-order valence-electron chi connectivity index (χ4n) is 3.32. The Hall–Kier alpha value is -2.67. The molecule has 1 N–H and O–H groups in total. The molecule has 7 nitrogen and oxygen atoms in total. The molecule has 23 heavy (non-hydrogen) atoms. The van der Waals surface area contributed by atoms with Gasteiger partial charge in [-0.2, -0.15) is 5.01 Å². The van der Waals surface area contributed by atoms with Crippen molar-refractivity contribution in [3.63, 3.8) is 0 Å². The second-order valence-corrected chi connectivity index (χ2v) is 5.68. The minimum absolute atomic E-state index is 0.334. The van der Waals surface area contributed by atoms with Gasteiger partial charge in [-0.3, -0.25) is 19.8 Å². The van der Waals surface area contributed by atoms with Crippen LogP contribution >= 0.6 is 0 Å². The second kappa shape index (κ2) is 4.92. The molecule has 0 spiro atoms. The summed E-state index contributed by atoms with van der Waals surface area (Å²) in [6.45, 7) is 0. The first-order chi connectivity index (χ1) is 11.1. The lowest BCUT2D eigenvalue weighted by molar-refractivity contribution is -0.145. The van der Waals surface area contributed by atoms with Gasteiger partial charge in [0.15, 0.2) is 0 Å². The average Bonchev–Trinajstić information content (AvgIpc) is 3.24. The minimum Gasteiger partial charge on any atom is -0.497 e. The minimum atomic E-state index is -0.534. The van der Waals surface area contributed by atoms with E-state index in [0.29, 0.717) is 11.3 Å². The summed E-state index contributed by atoms with van der Waals surface area (Å²) in [7, 11) is 1.53. The summed E-state index contributed by atoms with van der Waals surface area (Å²) < 4.78 is 10.6. The van der Waals surface area contributed by atoms with Gasteiger partial charge >= 0.3 is 0 Å². The van der Waals surface area contributed by atoms with Crippen LogP contribution in [0.5, 0.6) is 5.75 Å². The third kappa shape index (κ3) is 1.97. The van der Waals surface area contributed by atoms with E-state index in [9.17, 15) is 14.4 Å². The third-order valence-electron chi connectivity index (χ3n) is 4.48. The number of nitrogens with zero attached hydrogens (tertiary/aromatic N) is 1. The molecule has 2 bridgehead atoms. The number of nitrogens with one attached hydrogen (secondary N) is 1. The number of carbonyl (C=O) groups excluding carboxylic acids is 3. The molecule has 3 amide bonds. The van der Waals surface area contributed by atoms with Gasteiger partial charge < -0.3 is 9.47 Å². The van der Waals surface area contributed by atoms with Crippen LogP contribution in [0.2, 0.25) is 0 Å². The molecule has 2 saturated heterocycles. The fraction of sp³-hybridized carbons (Fsp3) is 0.312. The first-order valence-corrected chi connectivity index (χ1v) is 7.27. The molecule has 2 fully saturated rings. The predicted octanol–water partition coefficient (Wildman–Crippen LogP) is 0.278. The van der Waals surface area contributed by atoms with Gasteiger partial charge in [0, 0.05) is 5.56 Å². The van der Waals surface area contributed by atoms with Crippen LogP contribution in [-0.4, -0.2) is 42.0 Å². The first kappa shape index (κ1) is 14.0. The highest BCUT2D eigenvalue weighted by atomic mass is 16.5. The van der Waals surface area contributed by atoms with Crippen molar-refractivity contribution in [3.8, 4) is 5.75 Å². The summed E-state index contributed by atoms with van der Waals surface area (Å²) >= 11 is 0. The van der Waals surface area contributed by atoms with Crippen molar-refractivity contribution in [3.05, 3.63) is 42.0 Å². The standard InChI is InChI=1S/C16H14N2O5/c1-22-9-4-2-8(3-5-9)14(19)17-18-15(20)12-10-6-7-11(23-10)13(12)16(18)21/h2-7,10-13H,1H3,(H,17,19)/t10-,11-,12-,13-/m1/s1. The zero-order chi connectivity index (χ0) is 16.1. The maximum absolute atomic E-state index is 12.4. The number of rotatable bonds is 3. The Bertz CT molecular complexity index is 696. The van der Waals surface area contributed by atoms with Crippen molar-refractivity contribution >= 4 is 17.7 Å². The number of amides is 3. The van der Waals surface area contributed by atoms with Gasteiger partial charge in [-0.15, -0.1) is 0 Å². The van der Waals surface area contributed by atoms with E-state index in [1.165, 1.54) is 7.11 Å². The molecule has 3 heterocycles. The van der Waals surface area contributed by atoms with Gasteiger partial charge in [0.05, 0.1) is 31.2 Å². The van der Waals surface area contributed by atoms with E-state index in [4.69, 9.17) is 9.47 Å². The summed E-state index contributed by atoms with van der Waals surface area (Å²) in [6, 6.07) is 6.40. The van der Waals surface area contributed by atoms with Crippen molar-refractivity contribution in [1.82, 2.24) is 10.4 Å². The molecule has 3 aliphatic rings. The van der Waals surface area contributed by atoms with Crippen molar-refractivity contribution < 1.29 is 23.9 Å². The van der Waals surface area contributed by atoms with Gasteiger partial charge in [0.2, 0.25) is 0 Å². The molecule has 4 atom stereocenters. The Kier molecular flexibility index (Phi) is 2.99. The lowest BCUT2D eigenvalue weighted by atomic mass is 9.85. The van der Waals surface area contributed by atoms with Gasteiger partial charge in [0.25, 0.3) is 17.7 Å². The van der Waals surface area contributed by atoms with Crippen LogP contribution in [0.4, 0.5) is 0 Å². The summed E-state index contributed by atoms with van der Waals surface area (Å²) in [6.07, 6.45) is 2.85. The molecule has 118 valence electrons. The highest BCUT2D eigenvalue weighted by Crippen LogP contribution is 2.44. The Morgan fingerprint density at radius 3 is 2.17 bits per heavy atom. The Labute approximate surface area is 131 Å². The molecule has 0 radical (unpaired) electrons. The lowest BCUT2D eigenvalue weighted by Gasteiger charge is -2.18. The highest BCUT2D eigenvalue weighted by Gasteiger charge is 2.61. The molecule has 7 heteroatoms. The summed E-state index contributed by atoms with van der Waals surface area (Å²) in [5, 5.41) is 0.831. The number of hydrogen-bond donors (Lipinski definition) is 1. The normalized spacial score (nSPS) is 30.7. The van der Waals surface area contributed by atoms with Crippen molar-refractivity contribution in [2.24, 2.45) is 11.8 Å². The van der Waals surface area contributed by atoms with Crippen molar-refractivity contribution in [2.75, 3.05) is 7.11 Å². The number of hydrazine groups is 1. The summed E-state index contributed by atoms with van der Waals surface area (Å²) in [5.74, 6) is -1.81. The number of carbonyl (C=O) groups is 3. The van der Waals surface area contributed by atoms with Gasteiger partial charge in [-0.1, -0.05) is 12.2 Å². The Morgan fingerprint density at radius 1 is 1.09 bits per heavy atom. The Morgan fingerprint density at radius 2 is 1.65 bits per heavy atom. The molecule has 3 aliphatic heterocycles. The van der Waals surface area contributed by atoms with Crippen LogP contribution in [-0.2, 0) is 14.3 Å². The van der Waals surface area contributed by atoms with E-state index in [-0.39, 0.29) is 12.2 Å². The number of hydrogen-bond acceptors (Lipinski definition) is 5. The number of methoxy groups -OCH3 is 1. The van der Waals surface area contributed by atoms with Crippen LogP contribution in [0.1, 0.15) is 10.4 Å². The maximum Gasteiger partial charge on any atom is 0.270 e. The van der Waals surface area contributed by atoms with E-state index >= 15 is 0 Å². The SMILES string of the molecule is COc1ccc(C(=O)NN2C(=O)[C@H]3[C@H](C2=O)[C@H]2C=C[C@H]3O2)cc1. The molecule has 0 aromatic heterocycles. The van der Waals surface area contributed by atoms with E-state index in [2.05, 4.69) is 5.43 Å². The summed E-state index contributed by atoms with van der Waals surface area (Å²) in [5.41, 5.74) is 2.73. The van der Waals surface area contributed by atoms with Crippen LogP contribution in [0.25, 0.3) is 0 Å².